The summed E-state index contributed by atoms with van der Waals surface area (Å²) in [5, 5.41) is 0. The Labute approximate surface area is 123 Å². The van der Waals surface area contributed by atoms with E-state index in [1.807, 2.05) is 25.1 Å². The van der Waals surface area contributed by atoms with Crippen molar-refractivity contribution in [1.29, 1.82) is 0 Å². The quantitative estimate of drug-likeness (QED) is 0.754. The van der Waals surface area contributed by atoms with E-state index in [-0.39, 0.29) is 5.41 Å². The smallest absolute Gasteiger partial charge is 0.222 e. The van der Waals surface area contributed by atoms with Crippen LogP contribution in [0.15, 0.2) is 41.0 Å². The van der Waals surface area contributed by atoms with Crippen molar-refractivity contribution in [3.8, 4) is 11.6 Å². The van der Waals surface area contributed by atoms with Crippen molar-refractivity contribution < 1.29 is 4.74 Å². The van der Waals surface area contributed by atoms with E-state index < -0.39 is 0 Å². The Kier molecular flexibility index (Phi) is 3.95. The molecule has 0 saturated heterocycles. The van der Waals surface area contributed by atoms with Gasteiger partial charge in [0.1, 0.15) is 5.75 Å². The molecule has 2 aromatic rings. The van der Waals surface area contributed by atoms with Crippen LogP contribution in [0.5, 0.6) is 11.6 Å². The molecule has 2 nitrogen and oxygen atoms in total. The van der Waals surface area contributed by atoms with E-state index in [0.717, 1.165) is 15.8 Å². The van der Waals surface area contributed by atoms with Gasteiger partial charge >= 0.3 is 0 Å². The molecule has 0 aliphatic rings. The van der Waals surface area contributed by atoms with Crippen LogP contribution < -0.4 is 4.74 Å². The summed E-state index contributed by atoms with van der Waals surface area (Å²) >= 11 is 3.40. The summed E-state index contributed by atoms with van der Waals surface area (Å²) < 4.78 is 6.83. The molecule has 1 heterocycles. The van der Waals surface area contributed by atoms with Gasteiger partial charge in [-0.3, -0.25) is 0 Å². The summed E-state index contributed by atoms with van der Waals surface area (Å²) in [7, 11) is 0. The molecule has 19 heavy (non-hydrogen) atoms. The van der Waals surface area contributed by atoms with Crippen LogP contribution in [0.25, 0.3) is 0 Å². The Morgan fingerprint density at radius 3 is 2.53 bits per heavy atom. The lowest BCUT2D eigenvalue weighted by molar-refractivity contribution is 0.455. The Hall–Kier alpha value is -1.35. The standard InChI is InChI=1S/C16H18BrNO/c1-11-8-13(17)10-18-15(11)19-14-7-5-6-12(9-14)16(2,3)4/h5-10H,1-4H3. The first-order valence-corrected chi connectivity index (χ1v) is 7.06. The number of aryl methyl sites for hydroxylation is 1. The maximum Gasteiger partial charge on any atom is 0.222 e. The second kappa shape index (κ2) is 5.33. The predicted molar refractivity (Wildman–Crippen MR) is 81.9 cm³/mol. The number of pyridine rings is 1. The average molecular weight is 320 g/mol. The lowest BCUT2D eigenvalue weighted by Crippen LogP contribution is -2.10. The molecule has 0 amide bonds. The number of rotatable bonds is 2. The van der Waals surface area contributed by atoms with Gasteiger partial charge in [0.2, 0.25) is 5.88 Å². The fourth-order valence-corrected chi connectivity index (χ4v) is 2.22. The third kappa shape index (κ3) is 3.57. The molecule has 1 aromatic heterocycles. The molecule has 0 atom stereocenters. The molecule has 0 bridgehead atoms. The van der Waals surface area contributed by atoms with Gasteiger partial charge in [0.05, 0.1) is 0 Å². The molecule has 1 aromatic carbocycles. The molecule has 0 spiro atoms. The van der Waals surface area contributed by atoms with E-state index in [2.05, 4.69) is 53.8 Å². The van der Waals surface area contributed by atoms with E-state index in [9.17, 15) is 0 Å². The van der Waals surface area contributed by atoms with Gasteiger partial charge in [0.15, 0.2) is 0 Å². The van der Waals surface area contributed by atoms with E-state index >= 15 is 0 Å². The molecular weight excluding hydrogens is 302 g/mol. The van der Waals surface area contributed by atoms with Crippen molar-refractivity contribution in [3.63, 3.8) is 0 Å². The third-order valence-corrected chi connectivity index (χ3v) is 3.35. The molecule has 3 heteroatoms. The van der Waals surface area contributed by atoms with Crippen LogP contribution >= 0.6 is 15.9 Å². The highest BCUT2D eigenvalue weighted by atomic mass is 79.9. The summed E-state index contributed by atoms with van der Waals surface area (Å²) in [4.78, 5) is 4.30. The van der Waals surface area contributed by atoms with Crippen molar-refractivity contribution in [1.82, 2.24) is 4.98 Å². The SMILES string of the molecule is Cc1cc(Br)cnc1Oc1cccc(C(C)(C)C)c1. The van der Waals surface area contributed by atoms with E-state index in [0.29, 0.717) is 5.88 Å². The molecule has 0 aliphatic heterocycles. The van der Waals surface area contributed by atoms with Crippen LogP contribution in [0.4, 0.5) is 0 Å². The first-order valence-electron chi connectivity index (χ1n) is 6.27. The Bertz CT molecular complexity index is 588. The first-order chi connectivity index (χ1) is 8.86. The van der Waals surface area contributed by atoms with Crippen molar-refractivity contribution in [3.05, 3.63) is 52.1 Å². The van der Waals surface area contributed by atoms with Crippen molar-refractivity contribution in [2.45, 2.75) is 33.1 Å². The molecule has 0 aliphatic carbocycles. The molecule has 0 radical (unpaired) electrons. The lowest BCUT2D eigenvalue weighted by atomic mass is 9.87. The van der Waals surface area contributed by atoms with Crippen LogP contribution in [0.2, 0.25) is 0 Å². The molecule has 100 valence electrons. The summed E-state index contributed by atoms with van der Waals surface area (Å²) in [5.74, 6) is 1.47. The van der Waals surface area contributed by atoms with E-state index in [1.165, 1.54) is 5.56 Å². The third-order valence-electron chi connectivity index (χ3n) is 2.91. The van der Waals surface area contributed by atoms with Crippen molar-refractivity contribution >= 4 is 15.9 Å². The summed E-state index contributed by atoms with van der Waals surface area (Å²) in [5.41, 5.74) is 2.37. The highest BCUT2D eigenvalue weighted by molar-refractivity contribution is 9.10. The zero-order chi connectivity index (χ0) is 14.0. The average Bonchev–Trinajstić information content (AvgIpc) is 2.32. The van der Waals surface area contributed by atoms with Crippen molar-refractivity contribution in [2.75, 3.05) is 0 Å². The largest absolute Gasteiger partial charge is 0.439 e. The summed E-state index contributed by atoms with van der Waals surface area (Å²) in [6.45, 7) is 8.56. The number of ether oxygens (including phenoxy) is 1. The van der Waals surface area contributed by atoms with Gasteiger partial charge in [0, 0.05) is 16.2 Å². The zero-order valence-electron chi connectivity index (χ0n) is 11.7. The number of hydrogen-bond donors (Lipinski definition) is 0. The summed E-state index contributed by atoms with van der Waals surface area (Å²) in [6.07, 6.45) is 1.75. The normalized spacial score (nSPS) is 11.4. The van der Waals surface area contributed by atoms with Gasteiger partial charge in [-0.1, -0.05) is 32.9 Å². The second-order valence-electron chi connectivity index (χ2n) is 5.66. The van der Waals surface area contributed by atoms with Crippen molar-refractivity contribution in [2.24, 2.45) is 0 Å². The number of aromatic nitrogens is 1. The lowest BCUT2D eigenvalue weighted by Gasteiger charge is -2.19. The van der Waals surface area contributed by atoms with Gasteiger partial charge in [-0.25, -0.2) is 4.98 Å². The van der Waals surface area contributed by atoms with E-state index in [1.54, 1.807) is 6.20 Å². The van der Waals surface area contributed by atoms with E-state index in [4.69, 9.17) is 4.74 Å². The minimum atomic E-state index is 0.113. The van der Waals surface area contributed by atoms with Crippen LogP contribution in [0.1, 0.15) is 31.9 Å². The Morgan fingerprint density at radius 2 is 1.89 bits per heavy atom. The molecule has 2 rings (SSSR count). The number of halogens is 1. The first kappa shape index (κ1) is 14.1. The molecule has 0 saturated carbocycles. The number of benzene rings is 1. The fourth-order valence-electron chi connectivity index (χ4n) is 1.77. The topological polar surface area (TPSA) is 22.1 Å². The maximum absolute atomic E-state index is 5.87. The van der Waals surface area contributed by atoms with Gasteiger partial charge in [-0.2, -0.15) is 0 Å². The Balaban J connectivity index is 2.29. The molecular formula is C16H18BrNO. The summed E-state index contributed by atoms with van der Waals surface area (Å²) in [6, 6.07) is 10.2. The highest BCUT2D eigenvalue weighted by Crippen LogP contribution is 2.29. The number of nitrogens with zero attached hydrogens (tertiary/aromatic N) is 1. The van der Waals surface area contributed by atoms with Crippen LogP contribution in [0, 0.1) is 6.92 Å². The highest BCUT2D eigenvalue weighted by Gasteiger charge is 2.14. The van der Waals surface area contributed by atoms with Gasteiger partial charge in [-0.15, -0.1) is 0 Å². The molecule has 0 unspecified atom stereocenters. The fraction of sp³-hybridized carbons (Fsp3) is 0.312. The van der Waals surface area contributed by atoms with Gasteiger partial charge in [-0.05, 0) is 52.0 Å². The van der Waals surface area contributed by atoms with Crippen LogP contribution in [-0.2, 0) is 5.41 Å². The monoisotopic (exact) mass is 319 g/mol. The molecule has 0 N–H and O–H groups in total. The second-order valence-corrected chi connectivity index (χ2v) is 6.57. The Morgan fingerprint density at radius 1 is 1.16 bits per heavy atom. The minimum absolute atomic E-state index is 0.113. The predicted octanol–water partition coefficient (Wildman–Crippen LogP) is 5.24. The maximum atomic E-state index is 5.87. The van der Waals surface area contributed by atoms with Gasteiger partial charge in [0.25, 0.3) is 0 Å². The van der Waals surface area contributed by atoms with Gasteiger partial charge < -0.3 is 4.74 Å². The van der Waals surface area contributed by atoms with Crippen LogP contribution in [0.3, 0.4) is 0 Å². The molecule has 0 fully saturated rings. The number of hydrogen-bond acceptors (Lipinski definition) is 2. The van der Waals surface area contributed by atoms with Crippen LogP contribution in [-0.4, -0.2) is 4.98 Å². The zero-order valence-corrected chi connectivity index (χ0v) is 13.3. The minimum Gasteiger partial charge on any atom is -0.439 e.